The molecular formula is C30H28N4NaO8P. The van der Waals surface area contributed by atoms with E-state index < -0.39 is 55.4 Å². The van der Waals surface area contributed by atoms with Crippen LogP contribution < -0.4 is 44.9 Å². The van der Waals surface area contributed by atoms with Gasteiger partial charge < -0.3 is 20.1 Å². The van der Waals surface area contributed by atoms with Crippen LogP contribution in [0, 0.1) is 5.92 Å². The zero-order valence-electron chi connectivity index (χ0n) is 23.7. The van der Waals surface area contributed by atoms with Crippen molar-refractivity contribution in [2.24, 2.45) is 10.9 Å². The summed E-state index contributed by atoms with van der Waals surface area (Å²) in [4.78, 5) is 79.1. The predicted octanol–water partition coefficient (Wildman–Crippen LogP) is -1.82. The normalized spacial score (nSPS) is 21.1. The second-order valence-electron chi connectivity index (χ2n) is 10.9. The Bertz CT molecular complexity index is 1740. The van der Waals surface area contributed by atoms with E-state index in [4.69, 9.17) is 0 Å². The molecular weight excluding hydrogens is 598 g/mol. The molecule has 222 valence electrons. The molecule has 12 nitrogen and oxygen atoms in total. The number of carboxylic acids is 1. The first-order chi connectivity index (χ1) is 20.5. The molecule has 0 bridgehead atoms. The van der Waals surface area contributed by atoms with Crippen LogP contribution in [0.1, 0.15) is 39.1 Å². The average molecular weight is 627 g/mol. The summed E-state index contributed by atoms with van der Waals surface area (Å²) < 4.78 is 0. The molecule has 0 saturated carbocycles. The van der Waals surface area contributed by atoms with Gasteiger partial charge in [-0.1, -0.05) is 42.5 Å². The third kappa shape index (κ3) is 6.04. The van der Waals surface area contributed by atoms with E-state index in [1.54, 1.807) is 30.5 Å². The Balaban J connectivity index is 0.00000384. The van der Waals surface area contributed by atoms with E-state index >= 15 is 0 Å². The van der Waals surface area contributed by atoms with Crippen molar-refractivity contribution in [3.8, 4) is 0 Å². The number of amides is 2. The number of para-hydroxylation sites is 1. The number of imide groups is 1. The number of rotatable bonds is 9. The Kier molecular flexibility index (Phi) is 9.27. The maximum atomic E-state index is 13.3. The number of carbonyl (C=O) groups is 3. The predicted molar refractivity (Wildman–Crippen MR) is 155 cm³/mol. The van der Waals surface area contributed by atoms with Crippen molar-refractivity contribution in [1.29, 1.82) is 0 Å². The van der Waals surface area contributed by atoms with Crippen molar-refractivity contribution < 1.29 is 68.8 Å². The third-order valence-corrected chi connectivity index (χ3v) is 9.55. The Labute approximate surface area is 274 Å². The summed E-state index contributed by atoms with van der Waals surface area (Å²) in [6.07, 6.45) is 1.56. The first kappa shape index (κ1) is 32.2. The smallest absolute Gasteiger partial charge is 0.861 e. The van der Waals surface area contributed by atoms with E-state index in [-0.39, 0.29) is 55.4 Å². The van der Waals surface area contributed by atoms with Gasteiger partial charge in [0.05, 0.1) is 0 Å². The number of hydrogen-bond donors (Lipinski definition) is 5. The van der Waals surface area contributed by atoms with Crippen molar-refractivity contribution in [2.45, 2.75) is 37.1 Å². The topological polar surface area (TPSA) is 201 Å². The summed E-state index contributed by atoms with van der Waals surface area (Å²) in [5, 5.41) is 27.7. The van der Waals surface area contributed by atoms with Gasteiger partial charge in [0.2, 0.25) is 7.94 Å². The van der Waals surface area contributed by atoms with Gasteiger partial charge in [-0.3, -0.25) is 24.8 Å². The number of benzene rings is 3. The van der Waals surface area contributed by atoms with Crippen LogP contribution in [-0.4, -0.2) is 72.9 Å². The molecule has 1 saturated heterocycles. The number of aliphatic carboxylic acids is 1. The van der Waals surface area contributed by atoms with Gasteiger partial charge in [0, 0.05) is 58.5 Å². The number of hydrogen-bond acceptors (Lipinski definition) is 9. The number of aliphatic imine (C=N–C) groups is 1. The molecule has 2 aliphatic rings. The summed E-state index contributed by atoms with van der Waals surface area (Å²) in [6.45, 7) is -0.123. The van der Waals surface area contributed by atoms with Crippen molar-refractivity contribution in [1.82, 2.24) is 15.2 Å². The van der Waals surface area contributed by atoms with E-state index in [0.717, 1.165) is 21.2 Å². The molecule has 2 aliphatic heterocycles. The monoisotopic (exact) mass is 626 g/mol. The Hall–Kier alpha value is -3.19. The van der Waals surface area contributed by atoms with E-state index in [2.05, 4.69) is 15.3 Å². The Morgan fingerprint density at radius 1 is 1.05 bits per heavy atom. The summed E-state index contributed by atoms with van der Waals surface area (Å²) in [5.41, 5.74) is 2.21. The van der Waals surface area contributed by atoms with E-state index in [9.17, 15) is 39.3 Å². The molecule has 0 aliphatic carbocycles. The zero-order valence-corrected chi connectivity index (χ0v) is 26.6. The average Bonchev–Trinajstić information content (AvgIpc) is 3.60. The first-order valence-electron chi connectivity index (χ1n) is 13.7. The Morgan fingerprint density at radius 3 is 2.34 bits per heavy atom. The molecule has 2 amide bonds. The third-order valence-electron chi connectivity index (χ3n) is 8.25. The minimum atomic E-state index is -4.78. The summed E-state index contributed by atoms with van der Waals surface area (Å²) >= 11 is 0. The molecule has 6 rings (SSSR count). The van der Waals surface area contributed by atoms with E-state index in [1.807, 2.05) is 36.4 Å². The standard InChI is InChI=1S/C30H29N4O8P.Na/c35-26(32-24(30(38)39)14-18-15-31-22-10-2-1-7-19(18)22)23-13-17(27(33-23)43(40,41)42)11-12-34-28(36)20-8-3-5-16-6-4-9-21(25(16)20)29(34)37;/h1-10,15,17,23-24,27,31,33H,11-14H2,(H,32,35)(H,38,39)(H2,40,41,42);/q;+1/p-1/t17-,23+,24+,27-;/m1./s1. The maximum absolute atomic E-state index is 13.3. The van der Waals surface area contributed by atoms with Gasteiger partial charge in [-0.25, -0.2) is 14.6 Å². The number of aromatic amines is 1. The van der Waals surface area contributed by atoms with Crippen LogP contribution in [-0.2, 0) is 11.2 Å². The van der Waals surface area contributed by atoms with Gasteiger partial charge in [0.1, 0.15) is 6.04 Å². The fourth-order valence-corrected chi connectivity index (χ4v) is 7.37. The minimum Gasteiger partial charge on any atom is -0.861 e. The number of fused-ring (bicyclic) bond motifs is 1. The first-order valence-corrected chi connectivity index (χ1v) is 15.4. The van der Waals surface area contributed by atoms with Gasteiger partial charge in [-0.2, -0.15) is 0 Å². The number of H-pyrrole nitrogens is 1. The van der Waals surface area contributed by atoms with Crippen molar-refractivity contribution >= 4 is 53.3 Å². The fourth-order valence-electron chi connectivity index (χ4n) is 6.18. The molecule has 14 heteroatoms. The van der Waals surface area contributed by atoms with Crippen LogP contribution in [0.5, 0.6) is 0 Å². The van der Waals surface area contributed by atoms with Crippen LogP contribution in [0.4, 0.5) is 0 Å². The van der Waals surface area contributed by atoms with Gasteiger partial charge in [-0.05, 0) is 47.9 Å². The fraction of sp³-hybridized carbons (Fsp3) is 0.267. The van der Waals surface area contributed by atoms with Crippen LogP contribution in [0.25, 0.3) is 21.7 Å². The maximum Gasteiger partial charge on any atom is 1.00 e. The summed E-state index contributed by atoms with van der Waals surface area (Å²) in [5.74, 6) is -5.37. The number of nitrogens with one attached hydrogen (secondary N) is 2. The zero-order chi connectivity index (χ0) is 30.5. The molecule has 1 fully saturated rings. The van der Waals surface area contributed by atoms with Crippen LogP contribution in [0.3, 0.4) is 0 Å². The summed E-state index contributed by atoms with van der Waals surface area (Å²) in [6, 6.07) is 15.1. The molecule has 3 heterocycles. The number of aromatic nitrogens is 1. The van der Waals surface area contributed by atoms with Crippen LogP contribution >= 0.6 is 7.94 Å². The van der Waals surface area contributed by atoms with Gasteiger partial charge in [0.15, 0.2) is 5.78 Å². The number of carbonyl (C=O) groups excluding carboxylic acids is 2. The largest absolute Gasteiger partial charge is 1.00 e. The second-order valence-corrected chi connectivity index (χ2v) is 12.6. The van der Waals surface area contributed by atoms with Crippen LogP contribution in [0.2, 0.25) is 0 Å². The van der Waals surface area contributed by atoms with Crippen molar-refractivity contribution in [3.63, 3.8) is 0 Å². The van der Waals surface area contributed by atoms with Crippen molar-refractivity contribution in [3.05, 3.63) is 83.6 Å². The molecule has 3 aromatic carbocycles. The van der Waals surface area contributed by atoms with Crippen molar-refractivity contribution in [2.75, 3.05) is 6.54 Å². The molecule has 4 aromatic rings. The molecule has 1 aromatic heterocycles. The van der Waals surface area contributed by atoms with E-state index in [1.165, 1.54) is 0 Å². The molecule has 44 heavy (non-hydrogen) atoms. The van der Waals surface area contributed by atoms with Crippen LogP contribution in [0.15, 0.2) is 71.9 Å². The molecule has 0 spiro atoms. The molecule has 5 N–H and O–H groups in total. The number of carboxylic acid groups (broad SMARTS) is 1. The van der Waals surface area contributed by atoms with Gasteiger partial charge in [-0.15, -0.1) is 0 Å². The number of nitrogens with zero attached hydrogens (tertiary/aromatic N) is 2. The molecule has 4 atom stereocenters. The summed E-state index contributed by atoms with van der Waals surface area (Å²) in [7, 11) is -4.78. The molecule has 0 unspecified atom stereocenters. The van der Waals surface area contributed by atoms with E-state index in [0.29, 0.717) is 22.1 Å². The van der Waals surface area contributed by atoms with Gasteiger partial charge >= 0.3 is 35.5 Å². The Morgan fingerprint density at radius 2 is 1.70 bits per heavy atom. The quantitative estimate of drug-likeness (QED) is 0.0466. The molecule has 0 radical (unpaired) electrons. The SMILES string of the molecule is O=C(O)[C@H](Cc1c[nH]c2ccccc12)N=C([O-])[C@@H]1C[C@@H](CCN2C(=O)c3cccc4cccc(c34)C2=O)[C@@H]([P+]([O-])(O)O)N1.[Na+]. The van der Waals surface area contributed by atoms with Gasteiger partial charge in [0.25, 0.3) is 11.8 Å². The minimum absolute atomic E-state index is 0. The second kappa shape index (κ2) is 12.7.